The maximum absolute atomic E-state index is 12.7. The molecule has 0 N–H and O–H groups in total. The number of nitrogens with zero attached hydrogens (tertiary/aromatic N) is 2. The summed E-state index contributed by atoms with van der Waals surface area (Å²) >= 11 is 0. The van der Waals surface area contributed by atoms with Crippen LogP contribution in [0.15, 0.2) is 85.5 Å². The quantitative estimate of drug-likeness (QED) is 0.274. The molecule has 0 unspecified atom stereocenters. The summed E-state index contributed by atoms with van der Waals surface area (Å²) in [4.78, 5) is 33.7. The van der Waals surface area contributed by atoms with E-state index < -0.39 is 11.9 Å². The number of pyridine rings is 2. The van der Waals surface area contributed by atoms with E-state index in [1.807, 2.05) is 48.5 Å². The number of carbonyl (C=O) groups excluding carboxylic acids is 2. The van der Waals surface area contributed by atoms with Crippen LogP contribution in [0, 0.1) is 0 Å². The zero-order valence-corrected chi connectivity index (χ0v) is 19.4. The topological polar surface area (TPSA) is 87.6 Å². The Morgan fingerprint density at radius 1 is 0.686 bits per heavy atom. The Balaban J connectivity index is 1.52. The molecular weight excluding hydrogens is 444 g/mol. The van der Waals surface area contributed by atoms with Crippen molar-refractivity contribution < 1.29 is 23.8 Å². The Bertz CT molecular complexity index is 1220. The lowest BCUT2D eigenvalue weighted by Gasteiger charge is -2.13. The highest BCUT2D eigenvalue weighted by Crippen LogP contribution is 2.29. The van der Waals surface area contributed by atoms with Crippen molar-refractivity contribution in [2.24, 2.45) is 0 Å². The van der Waals surface area contributed by atoms with E-state index in [9.17, 15) is 9.59 Å². The standard InChI is InChI=1S/C28H24N2O5/c1-33-23-5-7-25(19-9-12-29-13-10-19)21(14-23)16-27(31)35-28(32)17-22-15-24(34-2)6-8-26(22)20-4-3-11-30-18-20/h3-15,18H,16-17H2,1-2H3. The molecule has 0 aliphatic rings. The third-order valence-electron chi connectivity index (χ3n) is 5.49. The first kappa shape index (κ1) is 23.6. The predicted molar refractivity (Wildman–Crippen MR) is 131 cm³/mol. The van der Waals surface area contributed by atoms with Crippen molar-refractivity contribution in [1.29, 1.82) is 0 Å². The van der Waals surface area contributed by atoms with Gasteiger partial charge in [-0.2, -0.15) is 0 Å². The van der Waals surface area contributed by atoms with Crippen LogP contribution in [0.3, 0.4) is 0 Å². The fraction of sp³-hybridized carbons (Fsp3) is 0.143. The molecule has 4 rings (SSSR count). The van der Waals surface area contributed by atoms with Crippen LogP contribution in [0.5, 0.6) is 11.5 Å². The molecule has 0 aliphatic heterocycles. The van der Waals surface area contributed by atoms with Gasteiger partial charge in [-0.1, -0.05) is 18.2 Å². The van der Waals surface area contributed by atoms with Gasteiger partial charge in [0.15, 0.2) is 0 Å². The monoisotopic (exact) mass is 468 g/mol. The van der Waals surface area contributed by atoms with Gasteiger partial charge in [0.2, 0.25) is 0 Å². The van der Waals surface area contributed by atoms with Gasteiger partial charge in [0.1, 0.15) is 11.5 Å². The second-order valence-corrected chi connectivity index (χ2v) is 7.72. The summed E-state index contributed by atoms with van der Waals surface area (Å²) in [5, 5.41) is 0. The van der Waals surface area contributed by atoms with Gasteiger partial charge >= 0.3 is 11.9 Å². The van der Waals surface area contributed by atoms with Crippen LogP contribution in [-0.2, 0) is 27.2 Å². The molecule has 0 radical (unpaired) electrons. The highest BCUT2D eigenvalue weighted by atomic mass is 16.6. The fourth-order valence-electron chi connectivity index (χ4n) is 3.81. The highest BCUT2D eigenvalue weighted by Gasteiger charge is 2.18. The minimum Gasteiger partial charge on any atom is -0.497 e. The van der Waals surface area contributed by atoms with Crippen molar-refractivity contribution in [3.8, 4) is 33.8 Å². The molecule has 0 amide bonds. The molecule has 7 nitrogen and oxygen atoms in total. The first-order chi connectivity index (χ1) is 17.1. The third-order valence-corrected chi connectivity index (χ3v) is 5.49. The molecule has 35 heavy (non-hydrogen) atoms. The van der Waals surface area contributed by atoms with Crippen LogP contribution in [-0.4, -0.2) is 36.1 Å². The second kappa shape index (κ2) is 11.1. The minimum absolute atomic E-state index is 0.0891. The van der Waals surface area contributed by atoms with Crippen molar-refractivity contribution >= 4 is 11.9 Å². The van der Waals surface area contributed by atoms with Crippen LogP contribution in [0.25, 0.3) is 22.3 Å². The lowest BCUT2D eigenvalue weighted by Crippen LogP contribution is -2.17. The molecule has 0 saturated carbocycles. The second-order valence-electron chi connectivity index (χ2n) is 7.72. The number of methoxy groups -OCH3 is 2. The number of benzene rings is 2. The molecule has 0 spiro atoms. The van der Waals surface area contributed by atoms with Gasteiger partial charge in [0.05, 0.1) is 27.1 Å². The summed E-state index contributed by atoms with van der Waals surface area (Å²) in [6.45, 7) is 0. The first-order valence-electron chi connectivity index (χ1n) is 11.0. The Labute approximate surface area is 203 Å². The lowest BCUT2D eigenvalue weighted by molar-refractivity contribution is -0.158. The number of ether oxygens (including phenoxy) is 3. The molecule has 0 fully saturated rings. The molecule has 0 atom stereocenters. The summed E-state index contributed by atoms with van der Waals surface area (Å²) in [7, 11) is 3.11. The minimum atomic E-state index is -0.651. The van der Waals surface area contributed by atoms with E-state index in [1.165, 1.54) is 0 Å². The van der Waals surface area contributed by atoms with Crippen LogP contribution in [0.1, 0.15) is 11.1 Å². The first-order valence-corrected chi connectivity index (χ1v) is 11.0. The molecule has 4 aromatic rings. The van der Waals surface area contributed by atoms with Gasteiger partial charge in [-0.25, -0.2) is 0 Å². The maximum atomic E-state index is 12.7. The van der Waals surface area contributed by atoms with E-state index >= 15 is 0 Å². The number of aromatic nitrogens is 2. The number of esters is 2. The molecule has 2 heterocycles. The van der Waals surface area contributed by atoms with Crippen molar-refractivity contribution in [1.82, 2.24) is 9.97 Å². The van der Waals surface area contributed by atoms with Gasteiger partial charge in [0, 0.05) is 30.4 Å². The van der Waals surface area contributed by atoms with E-state index in [2.05, 4.69) is 9.97 Å². The molecule has 0 saturated heterocycles. The van der Waals surface area contributed by atoms with Crippen molar-refractivity contribution in [3.63, 3.8) is 0 Å². The SMILES string of the molecule is COc1ccc(-c2ccncc2)c(CC(=O)OC(=O)Cc2cc(OC)ccc2-c2cccnc2)c1. The van der Waals surface area contributed by atoms with Gasteiger partial charge in [-0.05, 0) is 70.3 Å². The van der Waals surface area contributed by atoms with E-state index in [4.69, 9.17) is 14.2 Å². The van der Waals surface area contributed by atoms with E-state index in [0.29, 0.717) is 22.6 Å². The smallest absolute Gasteiger partial charge is 0.317 e. The van der Waals surface area contributed by atoms with Crippen molar-refractivity contribution in [2.75, 3.05) is 14.2 Å². The summed E-state index contributed by atoms with van der Waals surface area (Å²) in [6, 6.07) is 18.3. The fourth-order valence-corrected chi connectivity index (χ4v) is 3.81. The van der Waals surface area contributed by atoms with Crippen LogP contribution in [0.4, 0.5) is 0 Å². The number of hydrogen-bond donors (Lipinski definition) is 0. The maximum Gasteiger partial charge on any atom is 0.317 e. The highest BCUT2D eigenvalue weighted by molar-refractivity contribution is 5.90. The van der Waals surface area contributed by atoms with E-state index in [0.717, 1.165) is 22.3 Å². The molecule has 2 aromatic heterocycles. The van der Waals surface area contributed by atoms with E-state index in [-0.39, 0.29) is 12.8 Å². The van der Waals surface area contributed by atoms with Gasteiger partial charge in [0.25, 0.3) is 0 Å². The van der Waals surface area contributed by atoms with Crippen molar-refractivity contribution in [3.05, 3.63) is 96.6 Å². The third kappa shape index (κ3) is 5.89. The zero-order chi connectivity index (χ0) is 24.6. The van der Waals surface area contributed by atoms with Gasteiger partial charge < -0.3 is 14.2 Å². The van der Waals surface area contributed by atoms with Gasteiger partial charge in [-0.15, -0.1) is 0 Å². The summed E-state index contributed by atoms with van der Waals surface area (Å²) in [5.41, 5.74) is 4.76. The average Bonchev–Trinajstić information content (AvgIpc) is 2.89. The lowest BCUT2D eigenvalue weighted by atomic mass is 9.98. The Morgan fingerprint density at radius 2 is 1.26 bits per heavy atom. The Kier molecular flexibility index (Phi) is 7.47. The summed E-state index contributed by atoms with van der Waals surface area (Å²) < 4.78 is 15.8. The Hall–Kier alpha value is -4.52. The molecule has 176 valence electrons. The zero-order valence-electron chi connectivity index (χ0n) is 19.4. The summed E-state index contributed by atoms with van der Waals surface area (Å²) in [6.07, 6.45) is 6.57. The van der Waals surface area contributed by atoms with E-state index in [1.54, 1.807) is 51.1 Å². The molecule has 7 heteroatoms. The molecular formula is C28H24N2O5. The largest absolute Gasteiger partial charge is 0.497 e. The number of hydrogen-bond acceptors (Lipinski definition) is 7. The Morgan fingerprint density at radius 3 is 1.77 bits per heavy atom. The van der Waals surface area contributed by atoms with Crippen LogP contribution < -0.4 is 9.47 Å². The number of carbonyl (C=O) groups is 2. The summed E-state index contributed by atoms with van der Waals surface area (Å²) in [5.74, 6) is -0.0919. The predicted octanol–water partition coefficient (Wildman–Crippen LogP) is 4.68. The van der Waals surface area contributed by atoms with Crippen LogP contribution >= 0.6 is 0 Å². The van der Waals surface area contributed by atoms with Crippen molar-refractivity contribution in [2.45, 2.75) is 12.8 Å². The molecule has 0 aliphatic carbocycles. The normalized spacial score (nSPS) is 10.5. The average molecular weight is 469 g/mol. The van der Waals surface area contributed by atoms with Crippen LogP contribution in [0.2, 0.25) is 0 Å². The molecule has 2 aromatic carbocycles. The van der Waals surface area contributed by atoms with Gasteiger partial charge in [-0.3, -0.25) is 19.6 Å². The molecule has 0 bridgehead atoms. The number of rotatable bonds is 8.